The zero-order valence-corrected chi connectivity index (χ0v) is 11.1. The van der Waals surface area contributed by atoms with E-state index in [4.69, 9.17) is 5.73 Å². The molecule has 4 heteroatoms. The highest BCUT2D eigenvalue weighted by molar-refractivity contribution is 5.01. The molecule has 1 heterocycles. The molecule has 96 valence electrons. The van der Waals surface area contributed by atoms with Crippen LogP contribution in [0.2, 0.25) is 0 Å². The summed E-state index contributed by atoms with van der Waals surface area (Å²) in [5.74, 6) is 0.820. The van der Waals surface area contributed by atoms with Crippen LogP contribution in [0, 0.1) is 5.92 Å². The summed E-state index contributed by atoms with van der Waals surface area (Å²) in [7, 11) is 2.17. The summed E-state index contributed by atoms with van der Waals surface area (Å²) in [6, 6.07) is 1.00. The number of hydrogen-bond donors (Lipinski definition) is 1. The van der Waals surface area contributed by atoms with E-state index in [-0.39, 0.29) is 0 Å². The lowest BCUT2D eigenvalue weighted by Crippen LogP contribution is -2.39. The zero-order valence-electron chi connectivity index (χ0n) is 11.1. The molecule has 1 saturated carbocycles. The molecule has 1 fully saturated rings. The summed E-state index contributed by atoms with van der Waals surface area (Å²) in [6.45, 7) is 6.08. The van der Waals surface area contributed by atoms with Crippen LogP contribution in [0.1, 0.15) is 38.4 Å². The van der Waals surface area contributed by atoms with Gasteiger partial charge in [-0.05, 0) is 39.7 Å². The van der Waals surface area contributed by atoms with E-state index in [1.807, 2.05) is 12.5 Å². The van der Waals surface area contributed by atoms with Gasteiger partial charge in [0.25, 0.3) is 0 Å². The molecular weight excluding hydrogens is 212 g/mol. The maximum Gasteiger partial charge on any atom is 0.0951 e. The Balaban J connectivity index is 2.01. The molecule has 1 aliphatic carbocycles. The van der Waals surface area contributed by atoms with Gasteiger partial charge >= 0.3 is 0 Å². The number of hydrogen-bond acceptors (Lipinski definition) is 3. The van der Waals surface area contributed by atoms with E-state index in [1.165, 1.54) is 18.5 Å². The second-order valence-corrected chi connectivity index (χ2v) is 5.44. The minimum absolute atomic E-state index is 0.471. The van der Waals surface area contributed by atoms with Gasteiger partial charge in [0.05, 0.1) is 12.0 Å². The van der Waals surface area contributed by atoms with Gasteiger partial charge in [0.1, 0.15) is 0 Å². The molecule has 0 radical (unpaired) electrons. The third-order valence-electron chi connectivity index (χ3n) is 3.69. The molecule has 0 aromatic carbocycles. The Morgan fingerprint density at radius 2 is 2.24 bits per heavy atom. The summed E-state index contributed by atoms with van der Waals surface area (Å²) in [5.41, 5.74) is 7.16. The van der Waals surface area contributed by atoms with Gasteiger partial charge in [-0.1, -0.05) is 0 Å². The van der Waals surface area contributed by atoms with Gasteiger partial charge in [-0.25, -0.2) is 4.98 Å². The minimum atomic E-state index is 0.471. The van der Waals surface area contributed by atoms with Gasteiger partial charge in [0, 0.05) is 31.4 Å². The molecule has 1 atom stereocenters. The smallest absolute Gasteiger partial charge is 0.0951 e. The number of aromatic nitrogens is 2. The first-order chi connectivity index (χ1) is 8.13. The third kappa shape index (κ3) is 2.87. The van der Waals surface area contributed by atoms with Crippen LogP contribution in [-0.2, 0) is 6.54 Å². The first-order valence-electron chi connectivity index (χ1n) is 6.54. The highest BCUT2D eigenvalue weighted by atomic mass is 15.2. The first kappa shape index (κ1) is 12.6. The molecule has 1 aliphatic rings. The fourth-order valence-electron chi connectivity index (χ4n) is 2.51. The molecule has 0 spiro atoms. The molecule has 0 amide bonds. The SMILES string of the molecule is CC(C)n1cncc1CN(C)C(CN)C1CC1. The van der Waals surface area contributed by atoms with Crippen LogP contribution in [-0.4, -0.2) is 34.1 Å². The molecule has 2 rings (SSSR count). The summed E-state index contributed by atoms with van der Waals surface area (Å²) < 4.78 is 2.23. The predicted molar refractivity (Wildman–Crippen MR) is 69.6 cm³/mol. The van der Waals surface area contributed by atoms with Crippen LogP contribution in [0.15, 0.2) is 12.5 Å². The Kier molecular flexibility index (Phi) is 3.84. The Bertz CT molecular complexity index is 354. The van der Waals surface area contributed by atoms with Gasteiger partial charge in [-0.2, -0.15) is 0 Å². The monoisotopic (exact) mass is 236 g/mol. The van der Waals surface area contributed by atoms with Crippen LogP contribution in [0.25, 0.3) is 0 Å². The van der Waals surface area contributed by atoms with Crippen LogP contribution in [0.5, 0.6) is 0 Å². The van der Waals surface area contributed by atoms with Crippen molar-refractivity contribution in [3.8, 4) is 0 Å². The van der Waals surface area contributed by atoms with Crippen molar-refractivity contribution in [2.75, 3.05) is 13.6 Å². The highest BCUT2D eigenvalue weighted by Gasteiger charge is 2.32. The van der Waals surface area contributed by atoms with Gasteiger partial charge in [0.2, 0.25) is 0 Å². The molecule has 0 saturated heterocycles. The van der Waals surface area contributed by atoms with Crippen molar-refractivity contribution in [3.05, 3.63) is 18.2 Å². The number of likely N-dealkylation sites (N-methyl/N-ethyl adjacent to an activating group) is 1. The number of rotatable bonds is 6. The lowest BCUT2D eigenvalue weighted by molar-refractivity contribution is 0.210. The average molecular weight is 236 g/mol. The van der Waals surface area contributed by atoms with Crippen molar-refractivity contribution in [1.29, 1.82) is 0 Å². The maximum atomic E-state index is 5.88. The van der Waals surface area contributed by atoms with Crippen LogP contribution in [0.3, 0.4) is 0 Å². The molecule has 17 heavy (non-hydrogen) atoms. The fraction of sp³-hybridized carbons (Fsp3) is 0.769. The van der Waals surface area contributed by atoms with Crippen molar-refractivity contribution in [2.24, 2.45) is 11.7 Å². The van der Waals surface area contributed by atoms with Crippen molar-refractivity contribution in [2.45, 2.75) is 45.3 Å². The molecule has 1 aromatic rings. The Morgan fingerprint density at radius 1 is 1.53 bits per heavy atom. The molecule has 4 nitrogen and oxygen atoms in total. The van der Waals surface area contributed by atoms with Crippen LogP contribution < -0.4 is 5.73 Å². The molecule has 0 aliphatic heterocycles. The zero-order chi connectivity index (χ0) is 12.4. The van der Waals surface area contributed by atoms with Gasteiger partial charge in [0.15, 0.2) is 0 Å². The van der Waals surface area contributed by atoms with E-state index in [1.54, 1.807) is 0 Å². The number of nitrogens with zero attached hydrogens (tertiary/aromatic N) is 3. The van der Waals surface area contributed by atoms with Gasteiger partial charge in [-0.15, -0.1) is 0 Å². The minimum Gasteiger partial charge on any atom is -0.331 e. The van der Waals surface area contributed by atoms with Crippen molar-refractivity contribution >= 4 is 0 Å². The Labute approximate surface area is 104 Å². The van der Waals surface area contributed by atoms with Gasteiger partial charge < -0.3 is 10.3 Å². The standard InChI is InChI=1S/C13H24N4/c1-10(2)17-9-15-7-12(17)8-16(3)13(6-14)11-4-5-11/h7,9-11,13H,4-6,8,14H2,1-3H3. The van der Waals surface area contributed by atoms with Crippen molar-refractivity contribution in [1.82, 2.24) is 14.5 Å². The summed E-state index contributed by atoms with van der Waals surface area (Å²) in [6.07, 6.45) is 6.57. The highest BCUT2D eigenvalue weighted by Crippen LogP contribution is 2.34. The first-order valence-corrected chi connectivity index (χ1v) is 6.54. The topological polar surface area (TPSA) is 47.1 Å². The molecular formula is C13H24N4. The summed E-state index contributed by atoms with van der Waals surface area (Å²) in [5, 5.41) is 0. The quantitative estimate of drug-likeness (QED) is 0.816. The normalized spacial score (nSPS) is 18.0. The van der Waals surface area contributed by atoms with Crippen LogP contribution in [0.4, 0.5) is 0 Å². The lowest BCUT2D eigenvalue weighted by Gasteiger charge is -2.27. The van der Waals surface area contributed by atoms with E-state index in [2.05, 4.69) is 35.3 Å². The van der Waals surface area contributed by atoms with Crippen LogP contribution >= 0.6 is 0 Å². The third-order valence-corrected chi connectivity index (χ3v) is 3.69. The fourth-order valence-corrected chi connectivity index (χ4v) is 2.51. The average Bonchev–Trinajstić information content (AvgIpc) is 2.98. The molecule has 0 bridgehead atoms. The lowest BCUT2D eigenvalue weighted by atomic mass is 10.1. The Morgan fingerprint density at radius 3 is 2.76 bits per heavy atom. The van der Waals surface area contributed by atoms with E-state index in [0.717, 1.165) is 19.0 Å². The van der Waals surface area contributed by atoms with E-state index in [9.17, 15) is 0 Å². The second kappa shape index (κ2) is 5.19. The maximum absolute atomic E-state index is 5.88. The van der Waals surface area contributed by atoms with Crippen molar-refractivity contribution in [3.63, 3.8) is 0 Å². The van der Waals surface area contributed by atoms with Gasteiger partial charge in [-0.3, -0.25) is 4.90 Å². The predicted octanol–water partition coefficient (Wildman–Crippen LogP) is 1.63. The molecule has 2 N–H and O–H groups in total. The molecule has 1 aromatic heterocycles. The Hall–Kier alpha value is -0.870. The van der Waals surface area contributed by atoms with E-state index >= 15 is 0 Å². The second-order valence-electron chi connectivity index (χ2n) is 5.44. The largest absolute Gasteiger partial charge is 0.331 e. The van der Waals surface area contributed by atoms with E-state index in [0.29, 0.717) is 12.1 Å². The van der Waals surface area contributed by atoms with E-state index < -0.39 is 0 Å². The van der Waals surface area contributed by atoms with Crippen molar-refractivity contribution < 1.29 is 0 Å². The molecule has 1 unspecified atom stereocenters. The number of imidazole rings is 1. The summed E-state index contributed by atoms with van der Waals surface area (Å²) >= 11 is 0. The number of nitrogens with two attached hydrogens (primary N) is 1. The summed E-state index contributed by atoms with van der Waals surface area (Å²) in [4.78, 5) is 6.63.